The second-order valence-electron chi connectivity index (χ2n) is 5.01. The van der Waals surface area contributed by atoms with E-state index in [0.717, 1.165) is 16.8 Å². The summed E-state index contributed by atoms with van der Waals surface area (Å²) in [5.74, 6) is 0.570. The molecule has 0 heterocycles. The molecule has 0 atom stereocenters. The predicted octanol–water partition coefficient (Wildman–Crippen LogP) is 4.60. The van der Waals surface area contributed by atoms with Crippen LogP contribution in [0.4, 0.5) is 0 Å². The third-order valence-electron chi connectivity index (χ3n) is 2.74. The van der Waals surface area contributed by atoms with Crippen LogP contribution in [-0.2, 0) is 4.79 Å². The Morgan fingerprint density at radius 3 is 2.30 bits per heavy atom. The number of amides is 1. The largest absolute Gasteiger partial charge is 0.301 e. The van der Waals surface area contributed by atoms with E-state index in [1.54, 1.807) is 16.7 Å². The van der Waals surface area contributed by atoms with Crippen molar-refractivity contribution in [1.29, 1.82) is 0 Å². The van der Waals surface area contributed by atoms with Crippen molar-refractivity contribution >= 4 is 35.0 Å². The van der Waals surface area contributed by atoms with E-state index >= 15 is 0 Å². The first kappa shape index (κ1) is 17.1. The first-order valence-electron chi connectivity index (χ1n) is 6.68. The maximum atomic E-state index is 12.2. The lowest BCUT2D eigenvalue weighted by molar-refractivity contribution is -0.124. The van der Waals surface area contributed by atoms with E-state index in [0.29, 0.717) is 11.1 Å². The minimum atomic E-state index is -0.0557. The van der Waals surface area contributed by atoms with Gasteiger partial charge in [-0.2, -0.15) is 0 Å². The van der Waals surface area contributed by atoms with E-state index in [1.165, 1.54) is 0 Å². The van der Waals surface area contributed by atoms with Crippen molar-refractivity contribution in [2.45, 2.75) is 32.9 Å². The highest BCUT2D eigenvalue weighted by atomic mass is 35.5. The van der Waals surface area contributed by atoms with Crippen LogP contribution in [0, 0.1) is 0 Å². The topological polar surface area (TPSA) is 20.3 Å². The molecular weight excluding hydrogens is 290 g/mol. The third kappa shape index (κ3) is 4.88. The summed E-state index contributed by atoms with van der Waals surface area (Å²) in [5, 5.41) is 0.467. The summed E-state index contributed by atoms with van der Waals surface area (Å²) >= 11 is 7.51. The molecule has 0 spiro atoms. The van der Waals surface area contributed by atoms with Crippen molar-refractivity contribution in [1.82, 2.24) is 4.90 Å². The van der Waals surface area contributed by atoms with Crippen LogP contribution in [0.25, 0.3) is 5.70 Å². The number of hydrogen-bond acceptors (Lipinski definition) is 2. The zero-order valence-electron chi connectivity index (χ0n) is 12.5. The number of carbonyl (C=O) groups excluding carboxylic acids is 1. The molecule has 1 aromatic carbocycles. The fourth-order valence-corrected chi connectivity index (χ4v) is 2.73. The summed E-state index contributed by atoms with van der Waals surface area (Å²) in [6.07, 6.45) is 0. The summed E-state index contributed by atoms with van der Waals surface area (Å²) in [5.41, 5.74) is 3.12. The van der Waals surface area contributed by atoms with Crippen molar-refractivity contribution in [3.63, 3.8) is 0 Å². The summed E-state index contributed by atoms with van der Waals surface area (Å²) in [6, 6.07) is 9.99. The number of rotatable bonds is 6. The smallest absolute Gasteiger partial charge is 0.242 e. The van der Waals surface area contributed by atoms with Gasteiger partial charge in [-0.15, -0.1) is 23.4 Å². The Hall–Kier alpha value is -0.930. The summed E-state index contributed by atoms with van der Waals surface area (Å²) < 4.78 is 0. The number of alkyl halides is 1. The lowest BCUT2D eigenvalue weighted by Crippen LogP contribution is -2.31. The molecule has 4 heteroatoms. The van der Waals surface area contributed by atoms with Crippen LogP contribution in [0.1, 0.15) is 33.3 Å². The highest BCUT2D eigenvalue weighted by Crippen LogP contribution is 2.26. The third-order valence-corrected chi connectivity index (χ3v) is 4.05. The molecule has 1 rings (SSSR count). The van der Waals surface area contributed by atoms with Crippen molar-refractivity contribution in [3.05, 3.63) is 41.5 Å². The van der Waals surface area contributed by atoms with Crippen LogP contribution < -0.4 is 0 Å². The number of benzene rings is 1. The van der Waals surface area contributed by atoms with E-state index in [1.807, 2.05) is 44.2 Å². The molecule has 0 bridgehead atoms. The molecule has 0 saturated heterocycles. The van der Waals surface area contributed by atoms with E-state index in [-0.39, 0.29) is 11.8 Å². The highest BCUT2D eigenvalue weighted by Gasteiger charge is 2.20. The Balaban J connectivity index is 3.13. The Bertz CT molecular complexity index is 467. The van der Waals surface area contributed by atoms with Gasteiger partial charge in [0.05, 0.1) is 11.6 Å². The van der Waals surface area contributed by atoms with Crippen LogP contribution in [0.3, 0.4) is 0 Å². The molecule has 0 aliphatic rings. The van der Waals surface area contributed by atoms with Gasteiger partial charge in [-0.3, -0.25) is 4.79 Å². The van der Waals surface area contributed by atoms with Crippen molar-refractivity contribution < 1.29 is 4.79 Å². The molecule has 2 nitrogen and oxygen atoms in total. The number of nitrogens with zero attached hydrogens (tertiary/aromatic N) is 1. The molecule has 1 amide bonds. The number of carbonyl (C=O) groups is 1. The second kappa shape index (κ2) is 8.38. The van der Waals surface area contributed by atoms with Crippen molar-refractivity contribution in [2.24, 2.45) is 0 Å². The fourth-order valence-electron chi connectivity index (χ4n) is 1.87. The van der Waals surface area contributed by atoms with Gasteiger partial charge in [0, 0.05) is 5.25 Å². The first-order valence-corrected chi connectivity index (χ1v) is 8.26. The minimum Gasteiger partial charge on any atom is -0.301 e. The molecule has 0 aromatic heterocycles. The molecule has 0 aliphatic heterocycles. The van der Waals surface area contributed by atoms with Crippen LogP contribution in [0.2, 0.25) is 0 Å². The summed E-state index contributed by atoms with van der Waals surface area (Å²) in [4.78, 5) is 14.0. The zero-order valence-corrected chi connectivity index (χ0v) is 14.1. The second-order valence-corrected chi connectivity index (χ2v) is 6.82. The Morgan fingerprint density at radius 1 is 1.25 bits per heavy atom. The number of hydrogen-bond donors (Lipinski definition) is 0. The Morgan fingerprint density at radius 2 is 1.85 bits per heavy atom. The Labute approximate surface area is 131 Å². The number of halogens is 1. The summed E-state index contributed by atoms with van der Waals surface area (Å²) in [6.45, 7) is 8.30. The van der Waals surface area contributed by atoms with Gasteiger partial charge >= 0.3 is 0 Å². The SMILES string of the molecule is CC(C)=C(c1ccccc1)N(CSC(C)C)C(=O)CCl. The van der Waals surface area contributed by atoms with E-state index in [2.05, 4.69) is 13.8 Å². The summed E-state index contributed by atoms with van der Waals surface area (Å²) in [7, 11) is 0. The van der Waals surface area contributed by atoms with Gasteiger partial charge in [0.2, 0.25) is 5.91 Å². The van der Waals surface area contributed by atoms with Gasteiger partial charge in [0.15, 0.2) is 0 Å². The molecule has 110 valence electrons. The normalized spacial score (nSPS) is 10.5. The van der Waals surface area contributed by atoms with Crippen molar-refractivity contribution in [2.75, 3.05) is 11.8 Å². The highest BCUT2D eigenvalue weighted by molar-refractivity contribution is 7.99. The van der Waals surface area contributed by atoms with Crippen LogP contribution >= 0.6 is 23.4 Å². The average molecular weight is 312 g/mol. The maximum absolute atomic E-state index is 12.2. The zero-order chi connectivity index (χ0) is 15.1. The lowest BCUT2D eigenvalue weighted by atomic mass is 10.1. The molecular formula is C16H22ClNOS. The number of allylic oxidation sites excluding steroid dienone is 1. The average Bonchev–Trinajstić information content (AvgIpc) is 2.42. The predicted molar refractivity (Wildman–Crippen MR) is 89.9 cm³/mol. The van der Waals surface area contributed by atoms with Gasteiger partial charge in [-0.05, 0) is 19.4 Å². The minimum absolute atomic E-state index is 0.00225. The monoisotopic (exact) mass is 311 g/mol. The van der Waals surface area contributed by atoms with Crippen LogP contribution in [0.5, 0.6) is 0 Å². The van der Waals surface area contributed by atoms with Gasteiger partial charge in [-0.25, -0.2) is 0 Å². The van der Waals surface area contributed by atoms with Crippen LogP contribution in [-0.4, -0.2) is 27.8 Å². The lowest BCUT2D eigenvalue weighted by Gasteiger charge is -2.27. The van der Waals surface area contributed by atoms with Gasteiger partial charge in [0.25, 0.3) is 0 Å². The van der Waals surface area contributed by atoms with Gasteiger partial charge in [0.1, 0.15) is 5.88 Å². The molecule has 0 fully saturated rings. The molecule has 20 heavy (non-hydrogen) atoms. The molecule has 0 N–H and O–H groups in total. The fraction of sp³-hybridized carbons (Fsp3) is 0.438. The maximum Gasteiger partial charge on any atom is 0.242 e. The van der Waals surface area contributed by atoms with Gasteiger partial charge in [-0.1, -0.05) is 49.8 Å². The van der Waals surface area contributed by atoms with Crippen molar-refractivity contribution in [3.8, 4) is 0 Å². The van der Waals surface area contributed by atoms with Gasteiger partial charge < -0.3 is 4.90 Å². The Kier molecular flexibility index (Phi) is 7.17. The standard InChI is InChI=1S/C16H22ClNOS/c1-12(2)16(14-8-6-5-7-9-14)18(15(19)10-17)11-20-13(3)4/h5-9,13H,10-11H2,1-4H3. The molecule has 0 saturated carbocycles. The van der Waals surface area contributed by atoms with E-state index in [4.69, 9.17) is 11.6 Å². The first-order chi connectivity index (χ1) is 9.47. The van der Waals surface area contributed by atoms with E-state index < -0.39 is 0 Å². The number of thioether (sulfide) groups is 1. The molecule has 1 aromatic rings. The molecule has 0 aliphatic carbocycles. The quantitative estimate of drug-likeness (QED) is 0.565. The van der Waals surface area contributed by atoms with E-state index in [9.17, 15) is 4.79 Å². The molecule has 0 radical (unpaired) electrons. The van der Waals surface area contributed by atoms with Crippen LogP contribution in [0.15, 0.2) is 35.9 Å². The molecule has 0 unspecified atom stereocenters.